The predicted octanol–water partition coefficient (Wildman–Crippen LogP) is 0.346. The number of thiazole rings is 1. The molecule has 0 saturated carbocycles. The van der Waals surface area contributed by atoms with Gasteiger partial charge in [-0.25, -0.2) is 22.9 Å². The highest BCUT2D eigenvalue weighted by Gasteiger charge is 2.16. The van der Waals surface area contributed by atoms with Crippen molar-refractivity contribution in [1.29, 1.82) is 0 Å². The van der Waals surface area contributed by atoms with E-state index in [1.54, 1.807) is 14.1 Å². The van der Waals surface area contributed by atoms with Crippen LogP contribution in [0.4, 0.5) is 4.79 Å². The van der Waals surface area contributed by atoms with Crippen LogP contribution in [0, 0.1) is 0 Å². The van der Waals surface area contributed by atoms with E-state index in [4.69, 9.17) is 11.6 Å². The van der Waals surface area contributed by atoms with Crippen molar-refractivity contribution in [3.8, 4) is 0 Å². The molecule has 0 spiro atoms. The minimum absolute atomic E-state index is 0.0476. The van der Waals surface area contributed by atoms with Crippen molar-refractivity contribution in [1.82, 2.24) is 19.9 Å². The lowest BCUT2D eigenvalue weighted by atomic mass is 10.6. The van der Waals surface area contributed by atoms with Gasteiger partial charge in [-0.3, -0.25) is 0 Å². The molecule has 0 aromatic carbocycles. The lowest BCUT2D eigenvalue weighted by Gasteiger charge is -2.11. The Labute approximate surface area is 114 Å². The fourth-order valence-corrected chi connectivity index (χ4v) is 3.32. The molecule has 10 heteroatoms. The van der Waals surface area contributed by atoms with E-state index in [9.17, 15) is 13.2 Å². The molecule has 0 aliphatic carbocycles. The standard InChI is InChI=1S/C8H13ClN4O3S2/c1-13(2)8(14)10-3-4-12-18(15,16)6-5-11-7(9)17-6/h5,12H,3-4H2,1-2H3,(H,10,14). The second-order valence-electron chi connectivity index (χ2n) is 3.46. The van der Waals surface area contributed by atoms with Crippen LogP contribution in [0.1, 0.15) is 0 Å². The Kier molecular flexibility index (Phi) is 5.32. The van der Waals surface area contributed by atoms with E-state index in [-0.39, 0.29) is 27.8 Å². The summed E-state index contributed by atoms with van der Waals surface area (Å²) in [6, 6.07) is -0.282. The summed E-state index contributed by atoms with van der Waals surface area (Å²) in [6.07, 6.45) is 1.19. The number of aromatic nitrogens is 1. The molecule has 0 bridgehead atoms. The number of carbonyl (C=O) groups excluding carboxylic acids is 1. The molecule has 0 atom stereocenters. The molecule has 102 valence electrons. The van der Waals surface area contributed by atoms with Crippen LogP contribution >= 0.6 is 22.9 Å². The maximum atomic E-state index is 11.7. The van der Waals surface area contributed by atoms with E-state index in [2.05, 4.69) is 15.0 Å². The molecule has 18 heavy (non-hydrogen) atoms. The number of rotatable bonds is 5. The summed E-state index contributed by atoms with van der Waals surface area (Å²) in [5.41, 5.74) is 0. The summed E-state index contributed by atoms with van der Waals surface area (Å²) in [5.74, 6) is 0. The van der Waals surface area contributed by atoms with Crippen molar-refractivity contribution >= 4 is 39.0 Å². The van der Waals surface area contributed by atoms with Crippen LogP contribution in [0.25, 0.3) is 0 Å². The second-order valence-corrected chi connectivity index (χ2v) is 7.06. The maximum Gasteiger partial charge on any atom is 0.316 e. The Morgan fingerprint density at radius 2 is 2.17 bits per heavy atom. The van der Waals surface area contributed by atoms with Crippen molar-refractivity contribution in [2.45, 2.75) is 4.21 Å². The van der Waals surface area contributed by atoms with Crippen molar-refractivity contribution < 1.29 is 13.2 Å². The zero-order chi connectivity index (χ0) is 13.8. The van der Waals surface area contributed by atoms with E-state index in [0.717, 1.165) is 11.3 Å². The fourth-order valence-electron chi connectivity index (χ4n) is 0.947. The van der Waals surface area contributed by atoms with E-state index < -0.39 is 10.0 Å². The summed E-state index contributed by atoms with van der Waals surface area (Å²) >= 11 is 6.43. The van der Waals surface area contributed by atoms with Crippen molar-refractivity contribution in [3.63, 3.8) is 0 Å². The van der Waals surface area contributed by atoms with Crippen LogP contribution < -0.4 is 10.0 Å². The van der Waals surface area contributed by atoms with Crippen LogP contribution in [-0.2, 0) is 10.0 Å². The van der Waals surface area contributed by atoms with Gasteiger partial charge in [-0.1, -0.05) is 22.9 Å². The highest BCUT2D eigenvalue weighted by atomic mass is 35.5. The van der Waals surface area contributed by atoms with Crippen LogP contribution in [0.15, 0.2) is 10.4 Å². The van der Waals surface area contributed by atoms with Gasteiger partial charge in [0.05, 0.1) is 6.20 Å². The van der Waals surface area contributed by atoms with E-state index >= 15 is 0 Å². The van der Waals surface area contributed by atoms with E-state index in [0.29, 0.717) is 0 Å². The number of halogens is 1. The van der Waals surface area contributed by atoms with E-state index in [1.807, 2.05) is 0 Å². The smallest absolute Gasteiger partial charge is 0.316 e. The third-order valence-electron chi connectivity index (χ3n) is 1.82. The highest BCUT2D eigenvalue weighted by molar-refractivity contribution is 7.91. The third-order valence-corrected chi connectivity index (χ3v) is 4.86. The minimum Gasteiger partial charge on any atom is -0.337 e. The number of hydrogen-bond donors (Lipinski definition) is 2. The van der Waals surface area contributed by atoms with Gasteiger partial charge in [0.25, 0.3) is 10.0 Å². The zero-order valence-corrected chi connectivity index (χ0v) is 12.2. The minimum atomic E-state index is -3.60. The molecule has 2 amide bonds. The second kappa shape index (κ2) is 6.32. The molecule has 1 rings (SSSR count). The molecule has 0 radical (unpaired) electrons. The molecule has 0 fully saturated rings. The molecule has 0 saturated heterocycles. The summed E-state index contributed by atoms with van der Waals surface area (Å²) in [4.78, 5) is 16.2. The molecule has 1 aromatic heterocycles. The lowest BCUT2D eigenvalue weighted by molar-refractivity contribution is 0.217. The summed E-state index contributed by atoms with van der Waals surface area (Å²) in [6.45, 7) is 0.292. The molecule has 0 unspecified atom stereocenters. The Bertz CT molecular complexity index is 514. The summed E-state index contributed by atoms with van der Waals surface area (Å²) in [5, 5.41) is 2.53. The number of carbonyl (C=O) groups is 1. The molecule has 1 aromatic rings. The van der Waals surface area contributed by atoms with Crippen LogP contribution in [0.3, 0.4) is 0 Å². The first-order valence-corrected chi connectivity index (χ1v) is 7.57. The molecule has 7 nitrogen and oxygen atoms in total. The van der Waals surface area contributed by atoms with Gasteiger partial charge in [0.1, 0.15) is 0 Å². The number of amides is 2. The topological polar surface area (TPSA) is 91.4 Å². The first kappa shape index (κ1) is 15.2. The number of hydrogen-bond acceptors (Lipinski definition) is 5. The predicted molar refractivity (Wildman–Crippen MR) is 69.4 cm³/mol. The fraction of sp³-hybridized carbons (Fsp3) is 0.500. The normalized spacial score (nSPS) is 11.3. The third kappa shape index (κ3) is 4.41. The molecule has 1 heterocycles. The number of sulfonamides is 1. The number of nitrogens with one attached hydrogen (secondary N) is 2. The number of nitrogens with zero attached hydrogens (tertiary/aromatic N) is 2. The summed E-state index contributed by atoms with van der Waals surface area (Å²) < 4.78 is 25.9. The van der Waals surface area contributed by atoms with Crippen LogP contribution in [0.2, 0.25) is 4.47 Å². The van der Waals surface area contributed by atoms with Gasteiger partial charge >= 0.3 is 6.03 Å². The highest BCUT2D eigenvalue weighted by Crippen LogP contribution is 2.21. The molecule has 0 aliphatic heterocycles. The number of urea groups is 1. The van der Waals surface area contributed by atoms with E-state index in [1.165, 1.54) is 11.1 Å². The van der Waals surface area contributed by atoms with Crippen molar-refractivity contribution in [3.05, 3.63) is 10.7 Å². The average molecular weight is 313 g/mol. The Morgan fingerprint density at radius 1 is 1.50 bits per heavy atom. The first-order valence-electron chi connectivity index (χ1n) is 4.89. The van der Waals surface area contributed by atoms with Gasteiger partial charge in [0, 0.05) is 27.2 Å². The van der Waals surface area contributed by atoms with Gasteiger partial charge in [-0.05, 0) is 0 Å². The first-order chi connectivity index (χ1) is 8.33. The van der Waals surface area contributed by atoms with Crippen molar-refractivity contribution in [2.75, 3.05) is 27.2 Å². The van der Waals surface area contributed by atoms with Crippen LogP contribution in [0.5, 0.6) is 0 Å². The van der Waals surface area contributed by atoms with Crippen molar-refractivity contribution in [2.24, 2.45) is 0 Å². The largest absolute Gasteiger partial charge is 0.337 e. The SMILES string of the molecule is CN(C)C(=O)NCCNS(=O)(=O)c1cnc(Cl)s1. The Balaban J connectivity index is 2.42. The molecule has 2 N–H and O–H groups in total. The molecular formula is C8H13ClN4O3S2. The summed E-state index contributed by atoms with van der Waals surface area (Å²) in [7, 11) is -0.409. The van der Waals surface area contributed by atoms with Gasteiger partial charge in [-0.15, -0.1) is 0 Å². The molecular weight excluding hydrogens is 300 g/mol. The van der Waals surface area contributed by atoms with Gasteiger partial charge in [-0.2, -0.15) is 0 Å². The Hall–Kier alpha value is -0.900. The molecule has 0 aliphatic rings. The van der Waals surface area contributed by atoms with Gasteiger partial charge < -0.3 is 10.2 Å². The Morgan fingerprint density at radius 3 is 2.67 bits per heavy atom. The quantitative estimate of drug-likeness (QED) is 0.767. The zero-order valence-electron chi connectivity index (χ0n) is 9.81. The lowest BCUT2D eigenvalue weighted by Crippen LogP contribution is -2.39. The van der Waals surface area contributed by atoms with Crippen LogP contribution in [-0.4, -0.2) is 51.5 Å². The van der Waals surface area contributed by atoms with Gasteiger partial charge in [0.2, 0.25) is 0 Å². The van der Waals surface area contributed by atoms with Gasteiger partial charge in [0.15, 0.2) is 8.68 Å². The maximum absolute atomic E-state index is 11.7. The monoisotopic (exact) mass is 312 g/mol. The average Bonchev–Trinajstić information content (AvgIpc) is 2.71.